The zero-order chi connectivity index (χ0) is 23.4. The Balaban J connectivity index is 1.49. The Morgan fingerprint density at radius 1 is 0.939 bits per heavy atom. The van der Waals surface area contributed by atoms with Crippen molar-refractivity contribution in [1.82, 2.24) is 10.3 Å². The molecule has 2 atom stereocenters. The van der Waals surface area contributed by atoms with E-state index in [1.165, 1.54) is 6.20 Å². The lowest BCUT2D eigenvalue weighted by molar-refractivity contribution is 0.0717. The first-order valence-corrected chi connectivity index (χ1v) is 11.4. The van der Waals surface area contributed by atoms with Crippen molar-refractivity contribution in [2.45, 2.75) is 44.8 Å². The first kappa shape index (κ1) is 23.0. The Hall–Kier alpha value is -3.22. The van der Waals surface area contributed by atoms with E-state index in [1.54, 1.807) is 42.6 Å². The van der Waals surface area contributed by atoms with Crippen molar-refractivity contribution in [3.8, 4) is 11.1 Å². The molecular formula is C26H26ClN3O3. The Bertz CT molecular complexity index is 1160. The van der Waals surface area contributed by atoms with E-state index in [0.717, 1.165) is 36.0 Å². The molecule has 6 nitrogen and oxygen atoms in total. The van der Waals surface area contributed by atoms with Crippen LogP contribution in [0.4, 0.5) is 5.69 Å². The van der Waals surface area contributed by atoms with Gasteiger partial charge in [-0.3, -0.25) is 14.6 Å². The third-order valence-corrected chi connectivity index (χ3v) is 6.22. The van der Waals surface area contributed by atoms with Crippen LogP contribution in [0.15, 0.2) is 60.9 Å². The number of rotatable bonds is 5. The van der Waals surface area contributed by atoms with Crippen LogP contribution in [-0.2, 0) is 0 Å². The summed E-state index contributed by atoms with van der Waals surface area (Å²) in [4.78, 5) is 29.9. The highest BCUT2D eigenvalue weighted by atomic mass is 35.5. The lowest BCUT2D eigenvalue weighted by Gasteiger charge is -2.28. The maximum Gasteiger partial charge on any atom is 0.257 e. The first-order valence-electron chi connectivity index (χ1n) is 11.0. The fourth-order valence-electron chi connectivity index (χ4n) is 3.99. The van der Waals surface area contributed by atoms with E-state index in [2.05, 4.69) is 15.6 Å². The maximum atomic E-state index is 12.9. The fraction of sp³-hybridized carbons (Fsp3) is 0.269. The molecule has 0 spiro atoms. The summed E-state index contributed by atoms with van der Waals surface area (Å²) in [6.07, 6.45) is 6.10. The minimum absolute atomic E-state index is 0.243. The Morgan fingerprint density at radius 3 is 2.45 bits per heavy atom. The molecule has 2 amide bonds. The summed E-state index contributed by atoms with van der Waals surface area (Å²) in [6, 6.07) is 14.0. The minimum atomic E-state index is -0.521. The molecule has 1 heterocycles. The lowest BCUT2D eigenvalue weighted by Crippen LogP contribution is -2.45. The van der Waals surface area contributed by atoms with Crippen LogP contribution in [0.1, 0.15) is 52.0 Å². The first-order chi connectivity index (χ1) is 15.9. The number of aryl methyl sites for hydroxylation is 1. The number of aromatic nitrogens is 1. The Kier molecular flexibility index (Phi) is 7.06. The number of halogens is 1. The molecule has 3 N–H and O–H groups in total. The number of hydrogen-bond donors (Lipinski definition) is 3. The maximum absolute atomic E-state index is 12.9. The summed E-state index contributed by atoms with van der Waals surface area (Å²) >= 11 is 5.96. The van der Waals surface area contributed by atoms with Gasteiger partial charge in [-0.05, 0) is 61.2 Å². The Labute approximate surface area is 198 Å². The zero-order valence-electron chi connectivity index (χ0n) is 18.3. The number of benzene rings is 2. The fourth-order valence-corrected chi connectivity index (χ4v) is 4.11. The van der Waals surface area contributed by atoms with E-state index >= 15 is 0 Å². The van der Waals surface area contributed by atoms with Gasteiger partial charge in [0.15, 0.2) is 0 Å². The van der Waals surface area contributed by atoms with E-state index < -0.39 is 6.10 Å². The van der Waals surface area contributed by atoms with Gasteiger partial charge in [0.05, 0.1) is 17.7 Å². The number of carbonyl (C=O) groups is 2. The molecule has 0 radical (unpaired) electrons. The van der Waals surface area contributed by atoms with Gasteiger partial charge in [0.1, 0.15) is 0 Å². The number of nitrogens with one attached hydrogen (secondary N) is 2. The predicted molar refractivity (Wildman–Crippen MR) is 130 cm³/mol. The van der Waals surface area contributed by atoms with Crippen molar-refractivity contribution < 1.29 is 14.7 Å². The van der Waals surface area contributed by atoms with Gasteiger partial charge < -0.3 is 15.7 Å². The summed E-state index contributed by atoms with van der Waals surface area (Å²) < 4.78 is 0. The van der Waals surface area contributed by atoms with Crippen LogP contribution in [0.5, 0.6) is 0 Å². The van der Waals surface area contributed by atoms with Crippen LogP contribution in [0.2, 0.25) is 5.02 Å². The molecule has 33 heavy (non-hydrogen) atoms. The van der Waals surface area contributed by atoms with Gasteiger partial charge in [-0.2, -0.15) is 0 Å². The quantitative estimate of drug-likeness (QED) is 0.496. The predicted octanol–water partition coefficient (Wildman–Crippen LogP) is 5.00. The molecular weight excluding hydrogens is 438 g/mol. The van der Waals surface area contributed by atoms with E-state index in [4.69, 9.17) is 11.6 Å². The molecule has 0 bridgehead atoms. The SMILES string of the molecule is Cc1ccc(C(=O)N[C@H]2CCCC[C@@H]2O)cc1NC(=O)c1cncc(-c2ccc(Cl)cc2)c1. The van der Waals surface area contributed by atoms with Crippen molar-refractivity contribution in [2.24, 2.45) is 0 Å². The lowest BCUT2D eigenvalue weighted by atomic mass is 9.92. The second-order valence-corrected chi connectivity index (χ2v) is 8.82. The van der Waals surface area contributed by atoms with Crippen molar-refractivity contribution >= 4 is 29.1 Å². The number of hydrogen-bond acceptors (Lipinski definition) is 4. The minimum Gasteiger partial charge on any atom is -0.391 e. The standard InChI is InChI=1S/C26H26ClN3O3/c1-16-6-7-18(25(32)29-22-4-2-3-5-24(22)31)13-23(16)30-26(33)20-12-19(14-28-15-20)17-8-10-21(27)11-9-17/h6-15,22,24,31H,2-5H2,1H3,(H,29,32)(H,30,33)/t22-,24-/m0/s1. The molecule has 0 saturated heterocycles. The molecule has 1 fully saturated rings. The van der Waals surface area contributed by atoms with Crippen molar-refractivity contribution in [1.29, 1.82) is 0 Å². The van der Waals surface area contributed by atoms with Gasteiger partial charge in [0.2, 0.25) is 0 Å². The van der Waals surface area contributed by atoms with Gasteiger partial charge >= 0.3 is 0 Å². The molecule has 0 unspecified atom stereocenters. The van der Waals surface area contributed by atoms with E-state index in [0.29, 0.717) is 28.3 Å². The molecule has 1 aliphatic rings. The van der Waals surface area contributed by atoms with E-state index in [9.17, 15) is 14.7 Å². The second-order valence-electron chi connectivity index (χ2n) is 8.38. The molecule has 1 aliphatic carbocycles. The average Bonchev–Trinajstić information content (AvgIpc) is 2.82. The topological polar surface area (TPSA) is 91.3 Å². The number of pyridine rings is 1. The van der Waals surface area contributed by atoms with Gasteiger partial charge in [-0.25, -0.2) is 0 Å². The molecule has 1 saturated carbocycles. The molecule has 7 heteroatoms. The van der Waals surface area contributed by atoms with Crippen LogP contribution in [0, 0.1) is 6.92 Å². The van der Waals surface area contributed by atoms with Gasteiger partial charge in [-0.15, -0.1) is 0 Å². The zero-order valence-corrected chi connectivity index (χ0v) is 19.1. The molecule has 3 aromatic rings. The monoisotopic (exact) mass is 463 g/mol. The van der Waals surface area contributed by atoms with Crippen LogP contribution in [-0.4, -0.2) is 34.1 Å². The number of anilines is 1. The van der Waals surface area contributed by atoms with Crippen molar-refractivity contribution in [2.75, 3.05) is 5.32 Å². The molecule has 0 aliphatic heterocycles. The third kappa shape index (κ3) is 5.59. The van der Waals surface area contributed by atoms with Crippen molar-refractivity contribution in [3.05, 3.63) is 82.6 Å². The molecule has 1 aromatic heterocycles. The normalized spacial score (nSPS) is 17.9. The van der Waals surface area contributed by atoms with Gasteiger partial charge in [0.25, 0.3) is 11.8 Å². The van der Waals surface area contributed by atoms with E-state index in [-0.39, 0.29) is 17.9 Å². The summed E-state index contributed by atoms with van der Waals surface area (Å²) in [5, 5.41) is 16.6. The number of carbonyl (C=O) groups excluding carboxylic acids is 2. The number of aliphatic hydroxyl groups excluding tert-OH is 1. The highest BCUT2D eigenvalue weighted by molar-refractivity contribution is 6.30. The van der Waals surface area contributed by atoms with Crippen LogP contribution in [0.3, 0.4) is 0 Å². The summed E-state index contributed by atoms with van der Waals surface area (Å²) in [7, 11) is 0. The average molecular weight is 464 g/mol. The molecule has 4 rings (SSSR count). The van der Waals surface area contributed by atoms with Crippen LogP contribution in [0.25, 0.3) is 11.1 Å². The van der Waals surface area contributed by atoms with Crippen molar-refractivity contribution in [3.63, 3.8) is 0 Å². The molecule has 170 valence electrons. The highest BCUT2D eigenvalue weighted by Gasteiger charge is 2.25. The number of aliphatic hydroxyl groups is 1. The van der Waals surface area contributed by atoms with E-state index in [1.807, 2.05) is 19.1 Å². The number of amides is 2. The largest absolute Gasteiger partial charge is 0.391 e. The smallest absolute Gasteiger partial charge is 0.257 e. The summed E-state index contributed by atoms with van der Waals surface area (Å²) in [6.45, 7) is 1.87. The Morgan fingerprint density at radius 2 is 1.70 bits per heavy atom. The summed E-state index contributed by atoms with van der Waals surface area (Å²) in [5.41, 5.74) is 3.92. The molecule has 2 aromatic carbocycles. The second kappa shape index (κ2) is 10.1. The van der Waals surface area contributed by atoms with Crippen LogP contribution >= 0.6 is 11.6 Å². The number of nitrogens with zero attached hydrogens (tertiary/aromatic N) is 1. The third-order valence-electron chi connectivity index (χ3n) is 5.97. The highest BCUT2D eigenvalue weighted by Crippen LogP contribution is 2.24. The van der Waals surface area contributed by atoms with Gasteiger partial charge in [0, 0.05) is 34.2 Å². The van der Waals surface area contributed by atoms with Gasteiger partial charge in [-0.1, -0.05) is 42.6 Å². The summed E-state index contributed by atoms with van der Waals surface area (Å²) in [5.74, 6) is -0.579. The van der Waals surface area contributed by atoms with Crippen LogP contribution < -0.4 is 10.6 Å².